The van der Waals surface area contributed by atoms with Crippen LogP contribution < -0.4 is 21.3 Å². The molecular weight excluding hydrogens is 1020 g/mol. The summed E-state index contributed by atoms with van der Waals surface area (Å²) in [5.74, 6) is -5.03. The summed E-state index contributed by atoms with van der Waals surface area (Å²) in [4.78, 5) is 78.6. The zero-order chi connectivity index (χ0) is 51.8. The average Bonchev–Trinajstić information content (AvgIpc) is 3.26. The molecule has 0 saturated carbocycles. The third kappa shape index (κ3) is 14.0. The summed E-state index contributed by atoms with van der Waals surface area (Å²) in [6.07, 6.45) is -9.00. The Labute approximate surface area is 414 Å². The number of nitrogens with zero attached hydrogens (tertiary/aromatic N) is 4. The van der Waals surface area contributed by atoms with Crippen LogP contribution in [0.5, 0.6) is 0 Å². The van der Waals surface area contributed by atoms with E-state index in [1.165, 1.54) is 48.5 Å². The number of rotatable bonds is 16. The lowest BCUT2D eigenvalue weighted by atomic mass is 9.98. The van der Waals surface area contributed by atoms with E-state index in [-0.39, 0.29) is 68.1 Å². The van der Waals surface area contributed by atoms with Crippen LogP contribution in [0.3, 0.4) is 0 Å². The molecule has 2 unspecified atom stereocenters. The van der Waals surface area contributed by atoms with Crippen molar-refractivity contribution in [2.75, 3.05) is 21.3 Å². The second kappa shape index (κ2) is 22.8. The molecule has 366 valence electrons. The van der Waals surface area contributed by atoms with Crippen molar-refractivity contribution in [1.29, 1.82) is 0 Å². The van der Waals surface area contributed by atoms with Gasteiger partial charge in [0.15, 0.2) is 11.6 Å². The molecule has 0 bridgehead atoms. The van der Waals surface area contributed by atoms with Gasteiger partial charge in [0, 0.05) is 43.9 Å². The second-order valence-corrected chi connectivity index (χ2v) is 16.6. The number of hydrogen-bond donors (Lipinski definition) is 4. The van der Waals surface area contributed by atoms with Gasteiger partial charge in [-0.2, -0.15) is 46.8 Å². The number of nitrogens with one attached hydrogen (secondary N) is 4. The van der Waals surface area contributed by atoms with E-state index in [4.69, 9.17) is 46.4 Å². The first-order valence-corrected chi connectivity index (χ1v) is 21.9. The number of amides is 4. The number of hydrogen-bond acceptors (Lipinski definition) is 10. The fraction of sp³-hybridized carbons (Fsp3) is 0.217. The summed E-state index contributed by atoms with van der Waals surface area (Å²) >= 11 is 23.7. The predicted molar refractivity (Wildman–Crippen MR) is 252 cm³/mol. The summed E-state index contributed by atoms with van der Waals surface area (Å²) in [7, 11) is 0. The molecule has 0 saturated heterocycles. The van der Waals surface area contributed by atoms with E-state index in [1.807, 2.05) is 0 Å². The maximum Gasteiger partial charge on any atom is 0.417 e. The van der Waals surface area contributed by atoms with E-state index in [2.05, 4.69) is 41.7 Å². The Bertz CT molecular complexity index is 2770. The van der Waals surface area contributed by atoms with Crippen molar-refractivity contribution in [1.82, 2.24) is 0 Å². The van der Waals surface area contributed by atoms with Crippen LogP contribution in [0.4, 0.5) is 60.5 Å². The van der Waals surface area contributed by atoms with E-state index in [0.29, 0.717) is 23.3 Å². The molecule has 0 aliphatic heterocycles. The minimum absolute atomic E-state index is 0.0348. The number of anilines is 4. The highest BCUT2D eigenvalue weighted by Crippen LogP contribution is 2.38. The molecule has 5 rings (SSSR count). The lowest BCUT2D eigenvalue weighted by molar-refractivity contribution is -0.138. The molecule has 0 aliphatic carbocycles. The van der Waals surface area contributed by atoms with Crippen LogP contribution in [0.25, 0.3) is 0 Å². The van der Waals surface area contributed by atoms with E-state index in [9.17, 15) is 55.1 Å². The fourth-order valence-electron chi connectivity index (χ4n) is 6.60. The molecule has 2 atom stereocenters. The molecule has 14 nitrogen and oxygen atoms in total. The molecule has 5 aromatic carbocycles. The van der Waals surface area contributed by atoms with Gasteiger partial charge in [-0.15, -0.1) is 0 Å². The van der Waals surface area contributed by atoms with Crippen LogP contribution in [0.1, 0.15) is 70.7 Å². The van der Waals surface area contributed by atoms with E-state index in [1.54, 1.807) is 13.8 Å². The second-order valence-electron chi connectivity index (χ2n) is 14.9. The average molecular weight is 1050 g/mol. The van der Waals surface area contributed by atoms with Crippen LogP contribution in [-0.4, -0.2) is 47.3 Å². The smallest absolute Gasteiger partial charge is 0.323 e. The van der Waals surface area contributed by atoms with Gasteiger partial charge < -0.3 is 21.3 Å². The van der Waals surface area contributed by atoms with Gasteiger partial charge in [-0.25, -0.2) is 0 Å². The molecule has 5 aromatic rings. The molecule has 0 spiro atoms. The maximum atomic E-state index is 13.6. The van der Waals surface area contributed by atoms with Gasteiger partial charge in [0.25, 0.3) is 23.6 Å². The van der Waals surface area contributed by atoms with Crippen molar-refractivity contribution in [3.63, 3.8) is 0 Å². The third-order valence-corrected chi connectivity index (χ3v) is 10.9. The Kier molecular flexibility index (Phi) is 17.6. The quantitative estimate of drug-likeness (QED) is 0.0430. The molecule has 0 radical (unpaired) electrons. The first kappa shape index (κ1) is 54.2. The van der Waals surface area contributed by atoms with Crippen molar-refractivity contribution in [3.05, 3.63) is 138 Å². The summed E-state index contributed by atoms with van der Waals surface area (Å²) in [5, 5.41) is 24.5. The molecule has 4 amide bonds. The Hall–Kier alpha value is -6.74. The third-order valence-electron chi connectivity index (χ3n) is 9.85. The topological polar surface area (TPSA) is 200 Å². The number of Topliss-reactive ketones (excluding diaryl/α,β-unsaturated/α-hetero) is 2. The standard InChI is InChI=1S/C46H36Cl4F6N8O6/c1-5-31-32(6-2)38(60-44(70)40(22(4)66)64-62-30-16-24(14-26(48)18-30)42(68)58-28-8-10-36(50)34(20-28)46(54,55)56)12-11-37(31)59-43(69)39(21(3)65)63-61-29-15-23(13-25(47)17-29)41(67)57-27-7-9-35(49)33(19-27)45(51,52)53/h7-20,39-40H,5-6H2,1-4H3,(H,57,67)(H,58,68)(H,59,69)(H,60,70). The number of alkyl halides is 6. The Morgan fingerprint density at radius 1 is 0.514 bits per heavy atom. The molecule has 0 heterocycles. The van der Waals surface area contributed by atoms with E-state index >= 15 is 0 Å². The number of benzene rings is 5. The van der Waals surface area contributed by atoms with Crippen molar-refractivity contribution < 1.29 is 55.1 Å². The van der Waals surface area contributed by atoms with Gasteiger partial charge in [-0.3, -0.25) is 28.8 Å². The van der Waals surface area contributed by atoms with Crippen LogP contribution in [0.15, 0.2) is 105 Å². The van der Waals surface area contributed by atoms with Crippen LogP contribution >= 0.6 is 46.4 Å². The number of carbonyl (C=O) groups is 6. The lowest BCUT2D eigenvalue weighted by Crippen LogP contribution is -2.33. The minimum Gasteiger partial charge on any atom is -0.323 e. The number of halogens is 10. The summed E-state index contributed by atoms with van der Waals surface area (Å²) in [6.45, 7) is 5.69. The molecule has 0 fully saturated rings. The summed E-state index contributed by atoms with van der Waals surface area (Å²) in [5.41, 5.74) is -1.72. The maximum absolute atomic E-state index is 13.6. The highest BCUT2D eigenvalue weighted by molar-refractivity contribution is 6.32. The Morgan fingerprint density at radius 3 is 1.19 bits per heavy atom. The monoisotopic (exact) mass is 1050 g/mol. The number of ketones is 2. The number of carbonyl (C=O) groups excluding carboxylic acids is 6. The van der Waals surface area contributed by atoms with E-state index < -0.39 is 80.8 Å². The van der Waals surface area contributed by atoms with Gasteiger partial charge in [-0.1, -0.05) is 60.3 Å². The minimum atomic E-state index is -4.79. The van der Waals surface area contributed by atoms with Gasteiger partial charge in [0.05, 0.1) is 32.5 Å². The van der Waals surface area contributed by atoms with Crippen LogP contribution in [-0.2, 0) is 44.4 Å². The van der Waals surface area contributed by atoms with E-state index in [0.717, 1.165) is 38.1 Å². The van der Waals surface area contributed by atoms with Crippen molar-refractivity contribution >= 4 is 116 Å². The normalized spacial score (nSPS) is 12.7. The van der Waals surface area contributed by atoms with Crippen LogP contribution in [0.2, 0.25) is 20.1 Å². The van der Waals surface area contributed by atoms with Gasteiger partial charge in [0.1, 0.15) is 0 Å². The Morgan fingerprint density at radius 2 is 0.871 bits per heavy atom. The van der Waals surface area contributed by atoms with Crippen molar-refractivity contribution in [3.8, 4) is 0 Å². The predicted octanol–water partition coefficient (Wildman–Crippen LogP) is 13.3. The first-order chi connectivity index (χ1) is 32.8. The summed E-state index contributed by atoms with van der Waals surface area (Å²) < 4.78 is 80.2. The van der Waals surface area contributed by atoms with Gasteiger partial charge in [-0.05, 0) is 123 Å². The van der Waals surface area contributed by atoms with Gasteiger partial charge >= 0.3 is 12.4 Å². The highest BCUT2D eigenvalue weighted by Gasteiger charge is 2.35. The van der Waals surface area contributed by atoms with Crippen molar-refractivity contribution in [2.45, 2.75) is 65.0 Å². The fourth-order valence-corrected chi connectivity index (χ4v) is 7.50. The Balaban J connectivity index is 1.31. The summed E-state index contributed by atoms with van der Waals surface area (Å²) in [6, 6.07) is 12.3. The lowest BCUT2D eigenvalue weighted by Gasteiger charge is -2.20. The molecule has 70 heavy (non-hydrogen) atoms. The molecule has 24 heteroatoms. The molecule has 0 aliphatic rings. The first-order valence-electron chi connectivity index (χ1n) is 20.4. The molecule has 4 N–H and O–H groups in total. The molecular formula is C46H36Cl4F6N8O6. The zero-order valence-electron chi connectivity index (χ0n) is 36.7. The highest BCUT2D eigenvalue weighted by atomic mass is 35.5. The van der Waals surface area contributed by atoms with Crippen molar-refractivity contribution in [2.24, 2.45) is 20.5 Å². The number of azo groups is 2. The van der Waals surface area contributed by atoms with Crippen LogP contribution in [0, 0.1) is 0 Å². The largest absolute Gasteiger partial charge is 0.417 e. The molecule has 0 aromatic heterocycles. The zero-order valence-corrected chi connectivity index (χ0v) is 39.7. The SMILES string of the molecule is CCc1c(NC(=O)C(N=Nc2cc(Cl)cc(C(=O)Nc3ccc(Cl)c(C(F)(F)F)c3)c2)C(C)=O)ccc(NC(=O)C(N=Nc2cc(Cl)cc(C(=O)Nc3ccc(Cl)c(C(F)(F)F)c3)c2)C(C)=O)c1CC. The van der Waals surface area contributed by atoms with Gasteiger partial charge in [0.2, 0.25) is 12.1 Å².